The van der Waals surface area contributed by atoms with Gasteiger partial charge >= 0.3 is 5.69 Å². The second kappa shape index (κ2) is 5.85. The summed E-state index contributed by atoms with van der Waals surface area (Å²) in [6.45, 7) is 2.40. The highest BCUT2D eigenvalue weighted by Crippen LogP contribution is 2.24. The van der Waals surface area contributed by atoms with E-state index < -0.39 is 0 Å². The van der Waals surface area contributed by atoms with Gasteiger partial charge in [0.2, 0.25) is 0 Å². The summed E-state index contributed by atoms with van der Waals surface area (Å²) in [5.41, 5.74) is -0.244. The molecule has 0 aliphatic heterocycles. The Morgan fingerprint density at radius 3 is 3.00 bits per heavy atom. The molecule has 5 nitrogen and oxygen atoms in total. The minimum Gasteiger partial charge on any atom is -0.292 e. The van der Waals surface area contributed by atoms with Crippen molar-refractivity contribution in [1.29, 1.82) is 0 Å². The van der Waals surface area contributed by atoms with E-state index in [-0.39, 0.29) is 17.2 Å². The summed E-state index contributed by atoms with van der Waals surface area (Å²) < 4.78 is 2.43. The summed E-state index contributed by atoms with van der Waals surface area (Å²) in [5.74, 6) is 0.311. The van der Waals surface area contributed by atoms with Crippen LogP contribution in [0.3, 0.4) is 0 Å². The Labute approximate surface area is 120 Å². The van der Waals surface area contributed by atoms with Gasteiger partial charge in [-0.1, -0.05) is 11.8 Å². The molecule has 0 amide bonds. The number of Topliss-reactive ketones (excluding diaryl/α,β-unsaturated/α-hetero) is 1. The number of thioether (sulfide) groups is 1. The standard InChI is InChI=1S/C10H10BrN3O2S2/c1-2-14-9(16)12-13-10(14)17-5-6(15)7-3-4-8(11)18-7/h3-4H,2,5H2,1H3,(H,12,16). The van der Waals surface area contributed by atoms with Gasteiger partial charge in [-0.3, -0.25) is 9.36 Å². The van der Waals surface area contributed by atoms with Gasteiger partial charge in [-0.15, -0.1) is 16.4 Å². The van der Waals surface area contributed by atoms with Gasteiger partial charge in [-0.05, 0) is 35.0 Å². The molecule has 0 saturated carbocycles. The number of halogens is 1. The van der Waals surface area contributed by atoms with E-state index in [4.69, 9.17) is 0 Å². The van der Waals surface area contributed by atoms with E-state index in [0.717, 1.165) is 3.79 Å². The molecule has 18 heavy (non-hydrogen) atoms. The molecule has 8 heteroatoms. The Morgan fingerprint density at radius 1 is 1.61 bits per heavy atom. The number of carbonyl (C=O) groups excluding carboxylic acids is 1. The number of nitrogens with zero attached hydrogens (tertiary/aromatic N) is 2. The van der Waals surface area contributed by atoms with Gasteiger partial charge in [0.15, 0.2) is 10.9 Å². The van der Waals surface area contributed by atoms with Crippen molar-refractivity contribution in [3.05, 3.63) is 31.3 Å². The van der Waals surface area contributed by atoms with Gasteiger partial charge in [0, 0.05) is 6.54 Å². The van der Waals surface area contributed by atoms with Crippen LogP contribution in [-0.2, 0) is 6.54 Å². The van der Waals surface area contributed by atoms with Crippen LogP contribution >= 0.6 is 39.0 Å². The van der Waals surface area contributed by atoms with Crippen LogP contribution in [0.2, 0.25) is 0 Å². The number of nitrogens with one attached hydrogen (secondary N) is 1. The Bertz CT molecular complexity index is 617. The highest BCUT2D eigenvalue weighted by molar-refractivity contribution is 9.11. The monoisotopic (exact) mass is 347 g/mol. The molecule has 0 bridgehead atoms. The summed E-state index contributed by atoms with van der Waals surface area (Å²) in [6.07, 6.45) is 0. The summed E-state index contributed by atoms with van der Waals surface area (Å²) in [7, 11) is 0. The fourth-order valence-corrected chi connectivity index (χ4v) is 3.67. The summed E-state index contributed by atoms with van der Waals surface area (Å²) in [5, 5.41) is 6.81. The molecule has 2 aromatic heterocycles. The number of rotatable bonds is 5. The zero-order chi connectivity index (χ0) is 13.1. The molecule has 0 aromatic carbocycles. The smallest absolute Gasteiger partial charge is 0.292 e. The topological polar surface area (TPSA) is 67.8 Å². The number of hydrogen-bond donors (Lipinski definition) is 1. The lowest BCUT2D eigenvalue weighted by atomic mass is 10.4. The molecule has 0 radical (unpaired) electrons. The largest absolute Gasteiger partial charge is 0.343 e. The molecule has 1 N–H and O–H groups in total. The Morgan fingerprint density at radius 2 is 2.39 bits per heavy atom. The van der Waals surface area contributed by atoms with Crippen LogP contribution in [0.25, 0.3) is 0 Å². The van der Waals surface area contributed by atoms with Crippen LogP contribution in [-0.4, -0.2) is 26.3 Å². The molecule has 2 heterocycles. The third-order valence-electron chi connectivity index (χ3n) is 2.22. The van der Waals surface area contributed by atoms with Gasteiger partial charge in [0.25, 0.3) is 0 Å². The van der Waals surface area contributed by atoms with Crippen molar-refractivity contribution in [3.63, 3.8) is 0 Å². The Hall–Kier alpha value is -0.860. The maximum absolute atomic E-state index is 11.9. The number of H-pyrrole nitrogens is 1. The number of aromatic nitrogens is 3. The molecule has 0 fully saturated rings. The van der Waals surface area contributed by atoms with Gasteiger partial charge < -0.3 is 0 Å². The second-order valence-corrected chi connectivity index (χ2v) is 6.78. The van der Waals surface area contributed by atoms with E-state index >= 15 is 0 Å². The maximum atomic E-state index is 11.9. The number of aromatic amines is 1. The molecule has 2 aromatic rings. The van der Waals surface area contributed by atoms with E-state index in [1.807, 2.05) is 13.0 Å². The maximum Gasteiger partial charge on any atom is 0.343 e. The van der Waals surface area contributed by atoms with Crippen molar-refractivity contribution >= 4 is 44.8 Å². The normalized spacial score (nSPS) is 10.8. The van der Waals surface area contributed by atoms with Gasteiger partial charge in [0.05, 0.1) is 14.4 Å². The lowest BCUT2D eigenvalue weighted by Gasteiger charge is -2.00. The molecule has 0 aliphatic rings. The van der Waals surface area contributed by atoms with E-state index in [1.54, 1.807) is 6.07 Å². The average Bonchev–Trinajstić information content (AvgIpc) is 2.92. The summed E-state index contributed by atoms with van der Waals surface area (Å²) >= 11 is 5.99. The molecule has 0 atom stereocenters. The number of ketones is 1. The first-order valence-corrected chi connectivity index (χ1v) is 7.78. The minimum absolute atomic E-state index is 0.0359. The highest BCUT2D eigenvalue weighted by Gasteiger charge is 2.12. The van der Waals surface area contributed by atoms with E-state index in [9.17, 15) is 9.59 Å². The molecule has 0 aliphatic carbocycles. The van der Waals surface area contributed by atoms with Crippen LogP contribution < -0.4 is 5.69 Å². The van der Waals surface area contributed by atoms with Crippen LogP contribution in [0.1, 0.15) is 16.6 Å². The van der Waals surface area contributed by atoms with Crippen molar-refractivity contribution in [2.75, 3.05) is 5.75 Å². The predicted octanol–water partition coefficient (Wildman–Crippen LogP) is 2.39. The molecular formula is C10H10BrN3O2S2. The van der Waals surface area contributed by atoms with Crippen molar-refractivity contribution in [2.24, 2.45) is 0 Å². The van der Waals surface area contributed by atoms with Crippen LogP contribution in [0.4, 0.5) is 0 Å². The zero-order valence-electron chi connectivity index (χ0n) is 9.47. The van der Waals surface area contributed by atoms with Gasteiger partial charge in [0.1, 0.15) is 0 Å². The summed E-state index contributed by atoms with van der Waals surface area (Å²) in [6, 6.07) is 3.63. The SMILES string of the molecule is CCn1c(SCC(=O)c2ccc(Br)s2)n[nH]c1=O. The number of hydrogen-bond acceptors (Lipinski definition) is 5. The molecule has 0 saturated heterocycles. The average molecular weight is 348 g/mol. The lowest BCUT2D eigenvalue weighted by molar-refractivity contribution is 0.102. The van der Waals surface area contributed by atoms with Crippen molar-refractivity contribution < 1.29 is 4.79 Å². The molecular weight excluding hydrogens is 338 g/mol. The third kappa shape index (κ3) is 2.93. The Balaban J connectivity index is 2.03. The van der Waals surface area contributed by atoms with Crippen molar-refractivity contribution in [1.82, 2.24) is 14.8 Å². The first-order valence-electron chi connectivity index (χ1n) is 5.18. The van der Waals surface area contributed by atoms with E-state index in [1.165, 1.54) is 27.7 Å². The quantitative estimate of drug-likeness (QED) is 0.666. The fourth-order valence-electron chi connectivity index (χ4n) is 1.36. The summed E-state index contributed by atoms with van der Waals surface area (Å²) in [4.78, 5) is 23.9. The number of thiophene rings is 1. The van der Waals surface area contributed by atoms with Crippen LogP contribution in [0.15, 0.2) is 25.9 Å². The molecule has 0 spiro atoms. The minimum atomic E-state index is -0.244. The van der Waals surface area contributed by atoms with E-state index in [0.29, 0.717) is 16.6 Å². The fraction of sp³-hybridized carbons (Fsp3) is 0.300. The third-order valence-corrected chi connectivity index (χ3v) is 4.86. The predicted molar refractivity (Wildman–Crippen MR) is 75.6 cm³/mol. The number of carbonyl (C=O) groups is 1. The van der Waals surface area contributed by atoms with Crippen molar-refractivity contribution in [2.45, 2.75) is 18.6 Å². The van der Waals surface area contributed by atoms with Crippen molar-refractivity contribution in [3.8, 4) is 0 Å². The highest BCUT2D eigenvalue weighted by atomic mass is 79.9. The molecule has 96 valence electrons. The first-order chi connectivity index (χ1) is 8.61. The second-order valence-electron chi connectivity index (χ2n) is 3.37. The van der Waals surface area contributed by atoms with Crippen LogP contribution in [0, 0.1) is 0 Å². The van der Waals surface area contributed by atoms with Gasteiger partial charge in [-0.2, -0.15) is 0 Å². The first kappa shape index (κ1) is 13.6. The Kier molecular flexibility index (Phi) is 4.41. The van der Waals surface area contributed by atoms with E-state index in [2.05, 4.69) is 26.1 Å². The molecule has 0 unspecified atom stereocenters. The molecule has 2 rings (SSSR count). The van der Waals surface area contributed by atoms with Gasteiger partial charge in [-0.25, -0.2) is 9.89 Å². The zero-order valence-corrected chi connectivity index (χ0v) is 12.7. The lowest BCUT2D eigenvalue weighted by Crippen LogP contribution is -2.16. The van der Waals surface area contributed by atoms with Crippen LogP contribution in [0.5, 0.6) is 0 Å².